The van der Waals surface area contributed by atoms with Crippen LogP contribution >= 0.6 is 0 Å². The number of hydrogen-bond acceptors (Lipinski definition) is 3. The Bertz CT molecular complexity index is 622. The van der Waals surface area contributed by atoms with Crippen LogP contribution in [0.4, 0.5) is 0 Å². The van der Waals surface area contributed by atoms with E-state index in [0.717, 1.165) is 11.8 Å². The molecule has 4 heteroatoms. The lowest BCUT2D eigenvalue weighted by atomic mass is 10.2. The number of benzene rings is 1. The van der Waals surface area contributed by atoms with Crippen LogP contribution in [0.2, 0.25) is 0 Å². The Hall–Kier alpha value is -1.29. The molecule has 0 atom stereocenters. The Labute approximate surface area is 87.6 Å². The van der Waals surface area contributed by atoms with E-state index in [0.29, 0.717) is 22.7 Å². The number of fused-ring (bicyclic) bond motifs is 3. The van der Waals surface area contributed by atoms with E-state index in [9.17, 15) is 8.42 Å². The molecule has 0 fully saturated rings. The Balaban J connectivity index is 2.48. The Morgan fingerprint density at radius 2 is 2.00 bits per heavy atom. The highest BCUT2D eigenvalue weighted by molar-refractivity contribution is 7.91. The van der Waals surface area contributed by atoms with Gasteiger partial charge in [0.25, 0.3) is 0 Å². The van der Waals surface area contributed by atoms with Crippen molar-refractivity contribution in [2.24, 2.45) is 0 Å². The van der Waals surface area contributed by atoms with Crippen molar-refractivity contribution in [2.75, 3.05) is 5.75 Å². The van der Waals surface area contributed by atoms with Crippen LogP contribution in [0.25, 0.3) is 11.0 Å². The Morgan fingerprint density at radius 1 is 1.20 bits per heavy atom. The van der Waals surface area contributed by atoms with E-state index in [1.54, 1.807) is 6.07 Å². The number of hydrogen-bond donors (Lipinski definition) is 0. The maximum Gasteiger partial charge on any atom is 0.182 e. The van der Waals surface area contributed by atoms with Crippen molar-refractivity contribution in [3.8, 4) is 0 Å². The fraction of sp³-hybridized carbons (Fsp3) is 0.273. The zero-order valence-electron chi connectivity index (χ0n) is 8.06. The summed E-state index contributed by atoms with van der Waals surface area (Å²) in [5.41, 5.74) is 0.674. The first-order chi connectivity index (χ1) is 7.18. The molecule has 1 aromatic carbocycles. The molecule has 0 N–H and O–H groups in total. The molecule has 2 heterocycles. The van der Waals surface area contributed by atoms with E-state index >= 15 is 0 Å². The van der Waals surface area contributed by atoms with Crippen LogP contribution in [0.15, 0.2) is 33.6 Å². The summed E-state index contributed by atoms with van der Waals surface area (Å²) in [7, 11) is -3.12. The molecule has 0 spiro atoms. The van der Waals surface area contributed by atoms with Gasteiger partial charge in [-0.3, -0.25) is 0 Å². The van der Waals surface area contributed by atoms with Gasteiger partial charge in [0.05, 0.1) is 5.75 Å². The number of rotatable bonds is 0. The maximum atomic E-state index is 11.9. The highest BCUT2D eigenvalue weighted by atomic mass is 32.2. The molecule has 78 valence electrons. The normalized spacial score (nSPS) is 18.9. The van der Waals surface area contributed by atoms with E-state index in [-0.39, 0.29) is 5.75 Å². The Morgan fingerprint density at radius 3 is 2.87 bits per heavy atom. The monoisotopic (exact) mass is 222 g/mol. The molecule has 0 amide bonds. The molecule has 0 unspecified atom stereocenters. The van der Waals surface area contributed by atoms with Gasteiger partial charge >= 0.3 is 0 Å². The first-order valence-electron chi connectivity index (χ1n) is 4.92. The predicted molar refractivity (Wildman–Crippen MR) is 56.6 cm³/mol. The second kappa shape index (κ2) is 2.85. The summed E-state index contributed by atoms with van der Waals surface area (Å²) in [6, 6.07) is 7.30. The van der Waals surface area contributed by atoms with Gasteiger partial charge in [0.15, 0.2) is 9.84 Å². The van der Waals surface area contributed by atoms with Crippen LogP contribution in [0.1, 0.15) is 12.2 Å². The number of furan rings is 1. The van der Waals surface area contributed by atoms with Gasteiger partial charge in [0.2, 0.25) is 0 Å². The van der Waals surface area contributed by atoms with E-state index < -0.39 is 9.84 Å². The van der Waals surface area contributed by atoms with Crippen LogP contribution < -0.4 is 0 Å². The van der Waals surface area contributed by atoms with Crippen LogP contribution in [0.3, 0.4) is 0 Å². The molecule has 1 aliphatic heterocycles. The molecule has 3 nitrogen and oxygen atoms in total. The molecule has 1 aromatic heterocycles. The third-order valence-electron chi connectivity index (χ3n) is 2.75. The second-order valence-corrected chi connectivity index (χ2v) is 5.82. The van der Waals surface area contributed by atoms with Gasteiger partial charge in [-0.15, -0.1) is 0 Å². The van der Waals surface area contributed by atoms with Gasteiger partial charge < -0.3 is 4.42 Å². The van der Waals surface area contributed by atoms with Crippen molar-refractivity contribution in [1.82, 2.24) is 0 Å². The number of sulfone groups is 1. The van der Waals surface area contributed by atoms with Gasteiger partial charge in [0, 0.05) is 11.8 Å². The van der Waals surface area contributed by atoms with Gasteiger partial charge in [-0.05, 0) is 18.6 Å². The molecule has 0 saturated carbocycles. The minimum atomic E-state index is -3.12. The lowest BCUT2D eigenvalue weighted by molar-refractivity contribution is 0.515. The average molecular weight is 222 g/mol. The standard InChI is InChI=1S/C11H10O3S/c12-15(13)7-3-6-10-11(15)8-4-1-2-5-9(8)14-10/h1-2,4-5H,3,6-7H2. The van der Waals surface area contributed by atoms with Gasteiger partial charge in [-0.1, -0.05) is 12.1 Å². The molecular formula is C11H10O3S. The first kappa shape index (κ1) is 8.97. The molecule has 1 aliphatic rings. The van der Waals surface area contributed by atoms with Crippen molar-refractivity contribution >= 4 is 20.8 Å². The van der Waals surface area contributed by atoms with Crippen molar-refractivity contribution in [1.29, 1.82) is 0 Å². The zero-order chi connectivity index (χ0) is 10.5. The average Bonchev–Trinajstić information content (AvgIpc) is 2.56. The highest BCUT2D eigenvalue weighted by Gasteiger charge is 2.29. The summed E-state index contributed by atoms with van der Waals surface area (Å²) < 4.78 is 29.3. The fourth-order valence-corrected chi connectivity index (χ4v) is 3.83. The minimum absolute atomic E-state index is 0.240. The summed E-state index contributed by atoms with van der Waals surface area (Å²) in [6.07, 6.45) is 1.39. The van der Waals surface area contributed by atoms with Crippen LogP contribution in [0, 0.1) is 0 Å². The van der Waals surface area contributed by atoms with Gasteiger partial charge in [-0.2, -0.15) is 0 Å². The molecule has 0 bridgehead atoms. The lowest BCUT2D eigenvalue weighted by Gasteiger charge is -2.09. The van der Waals surface area contributed by atoms with E-state index in [4.69, 9.17) is 4.42 Å². The summed E-state index contributed by atoms with van der Waals surface area (Å²) in [4.78, 5) is 0.421. The lowest BCUT2D eigenvalue weighted by Crippen LogP contribution is -2.14. The predicted octanol–water partition coefficient (Wildman–Crippen LogP) is 2.15. The summed E-state index contributed by atoms with van der Waals surface area (Å²) in [6.45, 7) is 0. The molecule has 0 radical (unpaired) electrons. The maximum absolute atomic E-state index is 11.9. The highest BCUT2D eigenvalue weighted by Crippen LogP contribution is 2.34. The zero-order valence-corrected chi connectivity index (χ0v) is 8.88. The van der Waals surface area contributed by atoms with Gasteiger partial charge in [0.1, 0.15) is 16.2 Å². The number of aryl methyl sites for hydroxylation is 1. The van der Waals surface area contributed by atoms with E-state index in [2.05, 4.69) is 0 Å². The number of para-hydroxylation sites is 1. The van der Waals surface area contributed by atoms with Crippen LogP contribution in [0.5, 0.6) is 0 Å². The fourth-order valence-electron chi connectivity index (χ4n) is 2.10. The molecular weight excluding hydrogens is 212 g/mol. The third kappa shape index (κ3) is 1.21. The first-order valence-corrected chi connectivity index (χ1v) is 6.57. The third-order valence-corrected chi connectivity index (χ3v) is 4.64. The van der Waals surface area contributed by atoms with Crippen molar-refractivity contribution in [3.05, 3.63) is 30.0 Å². The molecule has 3 rings (SSSR count). The molecule has 0 aliphatic carbocycles. The largest absolute Gasteiger partial charge is 0.460 e. The van der Waals surface area contributed by atoms with Crippen LogP contribution in [-0.4, -0.2) is 14.2 Å². The SMILES string of the molecule is O=S1(=O)CCCc2oc3ccccc3c21. The van der Waals surface area contributed by atoms with Crippen molar-refractivity contribution < 1.29 is 12.8 Å². The minimum Gasteiger partial charge on any atom is -0.460 e. The topological polar surface area (TPSA) is 47.3 Å². The summed E-state index contributed by atoms with van der Waals surface area (Å²) in [5.74, 6) is 0.867. The summed E-state index contributed by atoms with van der Waals surface area (Å²) >= 11 is 0. The Kier molecular flexibility index (Phi) is 1.71. The van der Waals surface area contributed by atoms with Crippen molar-refractivity contribution in [2.45, 2.75) is 17.7 Å². The van der Waals surface area contributed by atoms with Gasteiger partial charge in [-0.25, -0.2) is 8.42 Å². The smallest absolute Gasteiger partial charge is 0.182 e. The van der Waals surface area contributed by atoms with Crippen molar-refractivity contribution in [3.63, 3.8) is 0 Å². The van der Waals surface area contributed by atoms with E-state index in [1.807, 2.05) is 18.2 Å². The second-order valence-electron chi connectivity index (χ2n) is 3.77. The van der Waals surface area contributed by atoms with E-state index in [1.165, 1.54) is 0 Å². The quantitative estimate of drug-likeness (QED) is 0.686. The molecule has 15 heavy (non-hydrogen) atoms. The summed E-state index contributed by atoms with van der Waals surface area (Å²) in [5, 5.41) is 0.729. The van der Waals surface area contributed by atoms with Crippen LogP contribution in [-0.2, 0) is 16.3 Å². The molecule has 2 aromatic rings. The molecule has 0 saturated heterocycles.